The minimum Gasteiger partial charge on any atom is -0.463 e. The number of phosphoric ester groups is 2. The number of aliphatic hydroxyl groups excluding tert-OH is 3. The van der Waals surface area contributed by atoms with Crippen molar-refractivity contribution in [3.05, 3.63) is 85.1 Å². The van der Waals surface area contributed by atoms with Crippen molar-refractivity contribution in [2.45, 2.75) is 199 Å². The molecule has 0 radical (unpaired) electrons. The first-order valence-electron chi connectivity index (χ1n) is 25.9. The molecule has 5 unspecified atom stereocenters. The first-order chi connectivity index (χ1) is 33.8. The van der Waals surface area contributed by atoms with Crippen molar-refractivity contribution >= 4 is 27.6 Å². The van der Waals surface area contributed by atoms with Gasteiger partial charge in [-0.25, -0.2) is 9.13 Å². The second-order valence-corrected chi connectivity index (χ2v) is 20.1. The van der Waals surface area contributed by atoms with Gasteiger partial charge < -0.3 is 34.6 Å². The van der Waals surface area contributed by atoms with Crippen LogP contribution in [-0.2, 0) is 46.3 Å². The molecule has 70 heavy (non-hydrogen) atoms. The van der Waals surface area contributed by atoms with E-state index in [1.807, 2.05) is 0 Å². The van der Waals surface area contributed by atoms with Crippen LogP contribution in [0.25, 0.3) is 0 Å². The lowest BCUT2D eigenvalue weighted by Crippen LogP contribution is -2.25. The lowest BCUT2D eigenvalue weighted by molar-refractivity contribution is -0.148. The Morgan fingerprint density at radius 1 is 0.386 bits per heavy atom. The first-order valence-corrected chi connectivity index (χ1v) is 28.9. The van der Waals surface area contributed by atoms with Gasteiger partial charge in [0.15, 0.2) is 0 Å². The number of phosphoric acid groups is 2. The van der Waals surface area contributed by atoms with Crippen LogP contribution in [0.5, 0.6) is 0 Å². The van der Waals surface area contributed by atoms with Gasteiger partial charge in [-0.2, -0.15) is 0 Å². The lowest BCUT2D eigenvalue weighted by Gasteiger charge is -2.19. The number of ether oxygens (including phenoxy) is 2. The number of hydrogen-bond donors (Lipinski definition) is 5. The van der Waals surface area contributed by atoms with Crippen LogP contribution in [0.2, 0.25) is 0 Å². The van der Waals surface area contributed by atoms with Gasteiger partial charge in [-0.05, 0) is 89.9 Å². The van der Waals surface area contributed by atoms with E-state index in [1.54, 1.807) is 0 Å². The van der Waals surface area contributed by atoms with E-state index < -0.39 is 85.5 Å². The highest BCUT2D eigenvalue weighted by Gasteiger charge is 2.28. The molecule has 0 amide bonds. The quantitative estimate of drug-likeness (QED) is 0.0165. The monoisotopic (exact) mass is 1030 g/mol. The van der Waals surface area contributed by atoms with Crippen LogP contribution in [0, 0.1) is 0 Å². The molecule has 0 aromatic heterocycles. The topological polar surface area (TPSA) is 225 Å². The molecule has 0 aromatic carbocycles. The molecule has 0 fully saturated rings. The third kappa shape index (κ3) is 50.2. The molecule has 0 aliphatic carbocycles. The molecule has 0 saturated heterocycles. The zero-order valence-electron chi connectivity index (χ0n) is 42.7. The average molecular weight is 1030 g/mol. The molecule has 0 saturated carbocycles. The maximum Gasteiger partial charge on any atom is 0.472 e. The Hall–Kier alpha value is -2.78. The van der Waals surface area contributed by atoms with Gasteiger partial charge in [-0.1, -0.05) is 163 Å². The van der Waals surface area contributed by atoms with Crippen molar-refractivity contribution in [1.29, 1.82) is 0 Å². The summed E-state index contributed by atoms with van der Waals surface area (Å²) in [5.74, 6) is -1.04. The Labute approximate surface area is 421 Å². The normalized spacial score (nSPS) is 15.6. The van der Waals surface area contributed by atoms with Crippen LogP contribution in [0.3, 0.4) is 0 Å². The molecule has 0 aliphatic heterocycles. The molecular formula is C53H92O15P2. The van der Waals surface area contributed by atoms with Crippen LogP contribution < -0.4 is 0 Å². The second kappa shape index (κ2) is 48.5. The molecule has 0 aromatic rings. The summed E-state index contributed by atoms with van der Waals surface area (Å²) in [4.78, 5) is 43.8. The summed E-state index contributed by atoms with van der Waals surface area (Å²) < 4.78 is 53.1. The molecule has 0 rings (SSSR count). The summed E-state index contributed by atoms with van der Waals surface area (Å²) >= 11 is 0. The summed E-state index contributed by atoms with van der Waals surface area (Å²) in [6, 6.07) is 0. The third-order valence-corrected chi connectivity index (χ3v) is 12.2. The van der Waals surface area contributed by atoms with Crippen LogP contribution in [0.4, 0.5) is 0 Å². The summed E-state index contributed by atoms with van der Waals surface area (Å²) in [6.07, 6.45) is 51.4. The molecule has 0 bridgehead atoms. The van der Waals surface area contributed by atoms with Crippen molar-refractivity contribution in [3.8, 4) is 0 Å². The van der Waals surface area contributed by atoms with E-state index in [2.05, 4.69) is 117 Å². The largest absolute Gasteiger partial charge is 0.472 e. The fourth-order valence-electron chi connectivity index (χ4n) is 6.33. The maximum absolute atomic E-state index is 12.2. The molecule has 0 heterocycles. The number of carbonyl (C=O) groups excluding carboxylic acids is 2. The summed E-state index contributed by atoms with van der Waals surface area (Å²) in [7, 11) is -9.60. The Morgan fingerprint density at radius 3 is 1.03 bits per heavy atom. The van der Waals surface area contributed by atoms with Gasteiger partial charge in [-0.15, -0.1) is 0 Å². The highest BCUT2D eigenvalue weighted by Crippen LogP contribution is 2.45. The molecule has 17 heteroatoms. The van der Waals surface area contributed by atoms with Crippen molar-refractivity contribution in [3.63, 3.8) is 0 Å². The van der Waals surface area contributed by atoms with Crippen molar-refractivity contribution in [2.24, 2.45) is 0 Å². The number of aliphatic hydroxyl groups is 3. The summed E-state index contributed by atoms with van der Waals surface area (Å²) in [6.45, 7) is 0.243. The molecule has 5 atom stereocenters. The van der Waals surface area contributed by atoms with Crippen LogP contribution in [0.1, 0.15) is 181 Å². The van der Waals surface area contributed by atoms with Gasteiger partial charge in [0.2, 0.25) is 0 Å². The lowest BCUT2D eigenvalue weighted by atomic mass is 10.1. The Balaban J connectivity index is 3.93. The number of esters is 2. The number of hydrogen-bond acceptors (Lipinski definition) is 13. The SMILES string of the molecule is CC/C=C\C/C=C\C/C=C\C/C=C\C/C=C\C/C=C\CCCCC(=O)OCC(O)COP(=O)(O)OCC(O)COP(=O)(O)OCC(O)COC(=O)CCCCCCCCC/C=C/CCCCCCCC. The Bertz CT molecular complexity index is 1570. The number of unbranched alkanes of at least 4 members (excludes halogenated alkanes) is 15. The van der Waals surface area contributed by atoms with E-state index in [0.29, 0.717) is 12.8 Å². The highest BCUT2D eigenvalue weighted by atomic mass is 31.2. The molecular weight excluding hydrogens is 939 g/mol. The predicted molar refractivity (Wildman–Crippen MR) is 279 cm³/mol. The van der Waals surface area contributed by atoms with Gasteiger partial charge in [0.25, 0.3) is 0 Å². The number of allylic oxidation sites excluding steroid dienone is 14. The van der Waals surface area contributed by atoms with E-state index >= 15 is 0 Å². The average Bonchev–Trinajstić information content (AvgIpc) is 3.34. The van der Waals surface area contributed by atoms with Gasteiger partial charge in [-0.3, -0.25) is 27.7 Å². The smallest absolute Gasteiger partial charge is 0.463 e. The standard InChI is InChI=1S/C53H92O15P2/c1-3-5-7-9-11-13-15-17-19-21-22-23-24-26-28-30-32-34-36-38-40-42-53(58)64-44-50(55)46-66-70(61,62)68-48-51(56)47-67-69(59,60)65-45-49(54)43-63-52(57)41-39-37-35-33-31-29-27-25-20-18-16-14-12-10-8-6-4-2/h5,7,11,13,17-20,22-23,26,28,32,34,49-51,54-56H,3-4,6,8-10,12,14-16,21,24-25,27,29-31,33,35-48H2,1-2H3,(H,59,60)(H,61,62)/b7-5-,13-11-,19-17-,20-18+,23-22-,28-26-,34-32-. The fraction of sp³-hybridized carbons (Fsp3) is 0.698. The zero-order valence-corrected chi connectivity index (χ0v) is 44.4. The fourth-order valence-corrected chi connectivity index (χ4v) is 7.92. The second-order valence-electron chi connectivity index (χ2n) is 17.2. The molecule has 0 aliphatic rings. The summed E-state index contributed by atoms with van der Waals surface area (Å²) in [5.41, 5.74) is 0. The molecule has 404 valence electrons. The molecule has 0 spiro atoms. The van der Waals surface area contributed by atoms with Crippen LogP contribution in [-0.4, -0.2) is 95.0 Å². The zero-order chi connectivity index (χ0) is 51.7. The third-order valence-electron chi connectivity index (χ3n) is 10.3. The van der Waals surface area contributed by atoms with Crippen molar-refractivity contribution < 1.29 is 71.4 Å². The predicted octanol–water partition coefficient (Wildman–Crippen LogP) is 12.5. The maximum atomic E-state index is 12.2. The van der Waals surface area contributed by atoms with Crippen LogP contribution in [0.15, 0.2) is 85.1 Å². The van der Waals surface area contributed by atoms with Gasteiger partial charge >= 0.3 is 27.6 Å². The van der Waals surface area contributed by atoms with Crippen molar-refractivity contribution in [1.82, 2.24) is 0 Å². The van der Waals surface area contributed by atoms with Crippen LogP contribution >= 0.6 is 15.6 Å². The minimum absolute atomic E-state index is 0.137. The number of carbonyl (C=O) groups is 2. The van der Waals surface area contributed by atoms with Gasteiger partial charge in [0.1, 0.15) is 31.5 Å². The van der Waals surface area contributed by atoms with E-state index in [4.69, 9.17) is 9.47 Å². The van der Waals surface area contributed by atoms with Crippen molar-refractivity contribution in [2.75, 3.05) is 39.6 Å². The molecule has 5 N–H and O–H groups in total. The van der Waals surface area contributed by atoms with Gasteiger partial charge in [0.05, 0.1) is 26.4 Å². The van der Waals surface area contributed by atoms with E-state index in [9.17, 15) is 43.8 Å². The Kier molecular flexibility index (Phi) is 46.6. The first kappa shape index (κ1) is 67.2. The highest BCUT2D eigenvalue weighted by molar-refractivity contribution is 7.47. The minimum atomic E-state index is -4.80. The Morgan fingerprint density at radius 2 is 0.657 bits per heavy atom. The van der Waals surface area contributed by atoms with E-state index in [1.165, 1.54) is 57.8 Å². The summed E-state index contributed by atoms with van der Waals surface area (Å²) in [5, 5.41) is 30.1. The molecule has 15 nitrogen and oxygen atoms in total. The van der Waals surface area contributed by atoms with E-state index in [0.717, 1.165) is 83.5 Å². The van der Waals surface area contributed by atoms with Gasteiger partial charge in [0, 0.05) is 12.8 Å². The van der Waals surface area contributed by atoms with E-state index in [-0.39, 0.29) is 12.8 Å². The number of rotatable bonds is 49.